The lowest BCUT2D eigenvalue weighted by molar-refractivity contribution is 0.0684. The van der Waals surface area contributed by atoms with E-state index < -0.39 is 0 Å². The number of thiazole rings is 1. The first-order chi connectivity index (χ1) is 17.7. The molecule has 6 nitrogen and oxygen atoms in total. The Morgan fingerprint density at radius 3 is 2.67 bits per heavy atom. The maximum Gasteiger partial charge on any atom is 0.274 e. The number of hydrogen-bond acceptors (Lipinski definition) is 5. The van der Waals surface area contributed by atoms with Crippen LogP contribution in [0.3, 0.4) is 0 Å². The predicted molar refractivity (Wildman–Crippen MR) is 140 cm³/mol. The largest absolute Gasteiger partial charge is 0.350 e. The number of aromatic nitrogens is 2. The molecule has 3 heterocycles. The molecule has 7 heteroatoms. The van der Waals surface area contributed by atoms with Gasteiger partial charge in [-0.15, -0.1) is 11.3 Å². The van der Waals surface area contributed by atoms with Gasteiger partial charge in [0.15, 0.2) is 0 Å². The molecule has 3 aliphatic rings. The molecular formula is C29H26N4O2S. The third-order valence-corrected chi connectivity index (χ3v) is 8.90. The Kier molecular flexibility index (Phi) is 5.13. The molecule has 2 aromatic carbocycles. The highest BCUT2D eigenvalue weighted by Crippen LogP contribution is 2.50. The molecule has 2 saturated carbocycles. The van der Waals surface area contributed by atoms with Gasteiger partial charge in [-0.3, -0.25) is 14.6 Å². The molecule has 0 bridgehead atoms. The number of pyridine rings is 1. The molecule has 7 rings (SSSR count). The first-order valence-electron chi connectivity index (χ1n) is 12.7. The molecule has 3 fully saturated rings. The Hall–Kier alpha value is -3.58. The molecular weight excluding hydrogens is 468 g/mol. The van der Waals surface area contributed by atoms with E-state index in [-0.39, 0.29) is 23.9 Å². The second kappa shape index (κ2) is 8.52. The normalized spacial score (nSPS) is 22.4. The van der Waals surface area contributed by atoms with E-state index in [1.54, 1.807) is 23.6 Å². The number of para-hydroxylation sites is 1. The van der Waals surface area contributed by atoms with Gasteiger partial charge in [-0.25, -0.2) is 4.98 Å². The molecule has 2 aromatic heterocycles. The van der Waals surface area contributed by atoms with Crippen LogP contribution in [0, 0.1) is 5.92 Å². The number of amides is 2. The Labute approximate surface area is 213 Å². The zero-order chi connectivity index (χ0) is 24.2. The second-order valence-corrected chi connectivity index (χ2v) is 11.2. The molecule has 3 atom stereocenters. The molecule has 0 spiro atoms. The predicted octanol–water partition coefficient (Wildman–Crippen LogP) is 5.27. The van der Waals surface area contributed by atoms with Gasteiger partial charge in [0.2, 0.25) is 0 Å². The van der Waals surface area contributed by atoms with E-state index in [4.69, 9.17) is 4.98 Å². The van der Waals surface area contributed by atoms with Gasteiger partial charge in [0.1, 0.15) is 5.69 Å². The van der Waals surface area contributed by atoms with Crippen molar-refractivity contribution in [2.75, 3.05) is 6.54 Å². The summed E-state index contributed by atoms with van der Waals surface area (Å²) in [4.78, 5) is 39.4. The monoisotopic (exact) mass is 494 g/mol. The summed E-state index contributed by atoms with van der Waals surface area (Å²) in [6.07, 6.45) is 5.98. The molecule has 1 saturated heterocycles. The fourth-order valence-electron chi connectivity index (χ4n) is 5.54. The summed E-state index contributed by atoms with van der Waals surface area (Å²) in [7, 11) is 0. The van der Waals surface area contributed by atoms with Gasteiger partial charge in [-0.2, -0.15) is 0 Å². The highest BCUT2D eigenvalue weighted by molar-refractivity contribution is 7.15. The number of likely N-dealkylation sites (tertiary alicyclic amines) is 1. The van der Waals surface area contributed by atoms with E-state index in [9.17, 15) is 9.59 Å². The van der Waals surface area contributed by atoms with Crippen molar-refractivity contribution in [1.29, 1.82) is 0 Å². The minimum absolute atomic E-state index is 0.00748. The van der Waals surface area contributed by atoms with Crippen LogP contribution in [0.25, 0.3) is 21.3 Å². The van der Waals surface area contributed by atoms with Gasteiger partial charge in [-0.1, -0.05) is 48.5 Å². The van der Waals surface area contributed by atoms with Crippen molar-refractivity contribution in [2.24, 2.45) is 5.92 Å². The molecule has 0 unspecified atom stereocenters. The Morgan fingerprint density at radius 2 is 1.83 bits per heavy atom. The van der Waals surface area contributed by atoms with Crippen LogP contribution in [0.2, 0.25) is 0 Å². The average molecular weight is 495 g/mol. The Balaban J connectivity index is 1.14. The van der Waals surface area contributed by atoms with E-state index in [2.05, 4.69) is 22.4 Å². The van der Waals surface area contributed by atoms with Gasteiger partial charge >= 0.3 is 0 Å². The number of rotatable bonds is 6. The number of hydrogen-bond donors (Lipinski definition) is 1. The third kappa shape index (κ3) is 3.78. The topological polar surface area (TPSA) is 75.2 Å². The average Bonchev–Trinajstić information content (AvgIpc) is 3.84. The van der Waals surface area contributed by atoms with Crippen LogP contribution in [0.5, 0.6) is 0 Å². The molecule has 36 heavy (non-hydrogen) atoms. The number of piperidine rings is 1. The number of nitrogens with one attached hydrogen (secondary N) is 1. The summed E-state index contributed by atoms with van der Waals surface area (Å²) in [5.41, 5.74) is 2.89. The summed E-state index contributed by atoms with van der Waals surface area (Å²) in [5, 5.41) is 5.12. The van der Waals surface area contributed by atoms with Crippen LogP contribution in [0.4, 0.5) is 0 Å². The van der Waals surface area contributed by atoms with Crippen LogP contribution >= 0.6 is 11.3 Å². The third-order valence-electron chi connectivity index (χ3n) is 7.63. The van der Waals surface area contributed by atoms with Crippen molar-refractivity contribution in [3.8, 4) is 10.4 Å². The minimum atomic E-state index is -0.151. The van der Waals surface area contributed by atoms with Gasteiger partial charge < -0.3 is 10.2 Å². The summed E-state index contributed by atoms with van der Waals surface area (Å²) in [6.45, 7) is 0.432. The SMILES string of the molecule is O=C(NC[C@@H]1C[C@@H]2C[C@@H]2N1C(=O)c1nc(C2CC2)sc1-c1ccccc1)c1cccc2cccnc12. The molecule has 1 aliphatic heterocycles. The number of benzene rings is 2. The van der Waals surface area contributed by atoms with Crippen LogP contribution < -0.4 is 5.32 Å². The number of nitrogens with zero attached hydrogens (tertiary/aromatic N) is 3. The molecule has 180 valence electrons. The lowest BCUT2D eigenvalue weighted by atomic mass is 10.1. The fourth-order valence-corrected chi connectivity index (χ4v) is 6.78. The van der Waals surface area contributed by atoms with Gasteiger partial charge in [0.05, 0.1) is 27.0 Å². The first-order valence-corrected chi connectivity index (χ1v) is 13.5. The highest BCUT2D eigenvalue weighted by Gasteiger charge is 2.54. The van der Waals surface area contributed by atoms with Crippen LogP contribution in [-0.4, -0.2) is 45.3 Å². The van der Waals surface area contributed by atoms with Crippen molar-refractivity contribution in [1.82, 2.24) is 20.2 Å². The van der Waals surface area contributed by atoms with E-state index in [0.29, 0.717) is 35.2 Å². The zero-order valence-electron chi connectivity index (χ0n) is 19.8. The molecule has 4 aromatic rings. The maximum atomic E-state index is 14.0. The number of carbonyl (C=O) groups excluding carboxylic acids is 2. The van der Waals surface area contributed by atoms with E-state index in [1.807, 2.05) is 47.4 Å². The van der Waals surface area contributed by atoms with Crippen molar-refractivity contribution in [3.63, 3.8) is 0 Å². The Bertz CT molecular complexity index is 1470. The fraction of sp³-hybridized carbons (Fsp3) is 0.310. The van der Waals surface area contributed by atoms with Gasteiger partial charge in [-0.05, 0) is 49.3 Å². The van der Waals surface area contributed by atoms with Gasteiger partial charge in [0.25, 0.3) is 11.8 Å². The lowest BCUT2D eigenvalue weighted by Gasteiger charge is -2.27. The van der Waals surface area contributed by atoms with E-state index in [1.165, 1.54) is 0 Å². The van der Waals surface area contributed by atoms with Gasteiger partial charge in [0, 0.05) is 30.1 Å². The quantitative estimate of drug-likeness (QED) is 0.396. The summed E-state index contributed by atoms with van der Waals surface area (Å²) >= 11 is 1.67. The number of carbonyl (C=O) groups is 2. The zero-order valence-corrected chi connectivity index (χ0v) is 20.6. The number of fused-ring (bicyclic) bond motifs is 2. The van der Waals surface area contributed by atoms with Crippen molar-refractivity contribution >= 4 is 34.1 Å². The van der Waals surface area contributed by atoms with E-state index in [0.717, 1.165) is 46.5 Å². The maximum absolute atomic E-state index is 14.0. The van der Waals surface area contributed by atoms with Crippen LogP contribution in [0.15, 0.2) is 66.9 Å². The molecule has 0 radical (unpaired) electrons. The smallest absolute Gasteiger partial charge is 0.274 e. The Morgan fingerprint density at radius 1 is 1.00 bits per heavy atom. The minimum Gasteiger partial charge on any atom is -0.350 e. The highest BCUT2D eigenvalue weighted by atomic mass is 32.1. The van der Waals surface area contributed by atoms with Crippen molar-refractivity contribution < 1.29 is 9.59 Å². The van der Waals surface area contributed by atoms with E-state index >= 15 is 0 Å². The molecule has 2 amide bonds. The summed E-state index contributed by atoms with van der Waals surface area (Å²) in [5.74, 6) is 0.877. The molecule has 2 aliphatic carbocycles. The van der Waals surface area contributed by atoms with Crippen molar-refractivity contribution in [2.45, 2.75) is 43.7 Å². The van der Waals surface area contributed by atoms with Crippen LogP contribution in [0.1, 0.15) is 57.5 Å². The van der Waals surface area contributed by atoms with Crippen LogP contribution in [-0.2, 0) is 0 Å². The lowest BCUT2D eigenvalue weighted by Crippen LogP contribution is -2.45. The summed E-state index contributed by atoms with van der Waals surface area (Å²) in [6, 6.07) is 19.8. The summed E-state index contributed by atoms with van der Waals surface area (Å²) < 4.78 is 0. The first kappa shape index (κ1) is 21.7. The molecule has 1 N–H and O–H groups in total. The standard InChI is InChI=1S/C29H26N4O2S/c34-27(22-10-4-8-17-9-5-13-30-24(17)22)31-16-21-14-20-15-23(20)33(21)29(35)25-26(18-6-2-1-3-7-18)36-28(32-25)19-11-12-19/h1-10,13,19-21,23H,11-12,14-16H2,(H,31,34)/t20-,21+,23+/m1/s1. The van der Waals surface area contributed by atoms with Crippen molar-refractivity contribution in [3.05, 3.63) is 83.1 Å². The second-order valence-electron chi connectivity index (χ2n) is 10.1.